The number of aromatic hydroxyl groups is 2. The molecule has 0 unspecified atom stereocenters. The first kappa shape index (κ1) is 10.5. The molecule has 0 saturated heterocycles. The van der Waals surface area contributed by atoms with E-state index in [2.05, 4.69) is 0 Å². The van der Waals surface area contributed by atoms with E-state index in [4.69, 9.17) is 10.2 Å². The van der Waals surface area contributed by atoms with Gasteiger partial charge in [0.1, 0.15) is 0 Å². The van der Waals surface area contributed by atoms with E-state index >= 15 is 0 Å². The molecule has 1 aromatic rings. The minimum absolute atomic E-state index is 0. The van der Waals surface area contributed by atoms with Gasteiger partial charge in [0.2, 0.25) is 0 Å². The van der Waals surface area contributed by atoms with E-state index in [1.54, 1.807) is 19.1 Å². The summed E-state index contributed by atoms with van der Waals surface area (Å²) in [4.78, 5) is 0. The number of hydrogen-bond acceptors (Lipinski definition) is 2. The first-order chi connectivity index (χ1) is 4.22. The van der Waals surface area contributed by atoms with Crippen molar-refractivity contribution < 1.29 is 10.2 Å². The molecule has 0 aliphatic rings. The van der Waals surface area contributed by atoms with Crippen molar-refractivity contribution in [3.05, 3.63) is 23.8 Å². The van der Waals surface area contributed by atoms with Crippen molar-refractivity contribution in [3.8, 4) is 11.5 Å². The van der Waals surface area contributed by atoms with Gasteiger partial charge in [-0.3, -0.25) is 0 Å². The van der Waals surface area contributed by atoms with Crippen molar-refractivity contribution in [1.82, 2.24) is 0 Å². The molecule has 0 atom stereocenters. The number of hydrogen-bond donors (Lipinski definition) is 2. The molecule has 2 N–H and O–H groups in total. The second kappa shape index (κ2) is 4.36. The van der Waals surface area contributed by atoms with E-state index in [0.717, 1.165) is 0 Å². The summed E-state index contributed by atoms with van der Waals surface area (Å²) < 4.78 is 0. The summed E-state index contributed by atoms with van der Waals surface area (Å²) in [5.74, 6) is -0.0903. The quantitative estimate of drug-likeness (QED) is 0.439. The van der Waals surface area contributed by atoms with Crippen LogP contribution in [-0.4, -0.2) is 61.6 Å². The fourth-order valence-electron chi connectivity index (χ4n) is 0.643. The van der Waals surface area contributed by atoms with Crippen LogP contribution < -0.4 is 0 Å². The Morgan fingerprint density at radius 3 is 2.20 bits per heavy atom. The topological polar surface area (TPSA) is 40.5 Å². The monoisotopic (exact) mass is 164 g/mol. The molecule has 0 bridgehead atoms. The summed E-state index contributed by atoms with van der Waals surface area (Å²) in [6, 6.07) is 4.86. The van der Waals surface area contributed by atoms with Crippen LogP contribution in [-0.2, 0) is 0 Å². The molecule has 0 fully saturated rings. The third-order valence-electron chi connectivity index (χ3n) is 1.22. The van der Waals surface area contributed by atoms with Gasteiger partial charge in [-0.25, -0.2) is 0 Å². The van der Waals surface area contributed by atoms with Gasteiger partial charge in [-0.15, -0.1) is 0 Å². The molecular formula is C7H9KO2. The molecule has 0 aliphatic carbocycles. The first-order valence-electron chi connectivity index (χ1n) is 2.69. The summed E-state index contributed by atoms with van der Waals surface area (Å²) >= 11 is 0. The minimum atomic E-state index is -0.0602. The van der Waals surface area contributed by atoms with Crippen molar-refractivity contribution >= 4 is 51.4 Å². The average molecular weight is 164 g/mol. The van der Waals surface area contributed by atoms with Gasteiger partial charge in [0, 0.05) is 0 Å². The molecule has 0 aliphatic heterocycles. The van der Waals surface area contributed by atoms with Gasteiger partial charge >= 0.3 is 51.4 Å². The Labute approximate surface area is 102 Å². The molecule has 10 heavy (non-hydrogen) atoms. The van der Waals surface area contributed by atoms with Gasteiger partial charge in [-0.1, -0.05) is 12.1 Å². The zero-order valence-corrected chi connectivity index (χ0v) is 5.13. The fourth-order valence-corrected chi connectivity index (χ4v) is 0.643. The third-order valence-corrected chi connectivity index (χ3v) is 1.22. The van der Waals surface area contributed by atoms with E-state index in [1.165, 1.54) is 6.07 Å². The number of rotatable bonds is 0. The molecule has 2 nitrogen and oxygen atoms in total. The van der Waals surface area contributed by atoms with Crippen LogP contribution >= 0.6 is 0 Å². The fraction of sp³-hybridized carbons (Fsp3) is 0.143. The molecule has 0 spiro atoms. The van der Waals surface area contributed by atoms with Crippen LogP contribution in [0.2, 0.25) is 0 Å². The number of phenols is 2. The summed E-state index contributed by atoms with van der Waals surface area (Å²) in [5.41, 5.74) is 0.690. The van der Waals surface area contributed by atoms with Gasteiger partial charge in [-0.2, -0.15) is 0 Å². The van der Waals surface area contributed by atoms with Gasteiger partial charge in [0.05, 0.1) is 0 Å². The normalized spacial score (nSPS) is 8.50. The molecule has 0 saturated carbocycles. The third kappa shape index (κ3) is 2.25. The van der Waals surface area contributed by atoms with Crippen molar-refractivity contribution in [2.24, 2.45) is 0 Å². The van der Waals surface area contributed by atoms with Crippen molar-refractivity contribution in [1.29, 1.82) is 0 Å². The Bertz CT molecular complexity index is 203. The van der Waals surface area contributed by atoms with Crippen LogP contribution in [0.5, 0.6) is 11.5 Å². The summed E-state index contributed by atoms with van der Waals surface area (Å²) in [6.07, 6.45) is 0. The van der Waals surface area contributed by atoms with Crippen molar-refractivity contribution in [2.75, 3.05) is 0 Å². The molecule has 3 heteroatoms. The predicted molar refractivity (Wildman–Crippen MR) is 41.7 cm³/mol. The molecular weight excluding hydrogens is 155 g/mol. The number of benzene rings is 1. The molecule has 0 heterocycles. The number of para-hydroxylation sites is 1. The average Bonchev–Trinajstić information content (AvgIpc) is 1.83. The van der Waals surface area contributed by atoms with Gasteiger partial charge in [-0.05, 0) is 18.6 Å². The Hall–Kier alpha value is 0.456. The van der Waals surface area contributed by atoms with E-state index < -0.39 is 0 Å². The SMILES string of the molecule is Cc1cccc(O)c1O.[KH]. The summed E-state index contributed by atoms with van der Waals surface area (Å²) in [5, 5.41) is 17.8. The van der Waals surface area contributed by atoms with Crippen LogP contribution in [0, 0.1) is 6.92 Å². The summed E-state index contributed by atoms with van der Waals surface area (Å²) in [6.45, 7) is 1.73. The zero-order valence-electron chi connectivity index (χ0n) is 5.13. The number of aryl methyl sites for hydroxylation is 1. The van der Waals surface area contributed by atoms with Gasteiger partial charge in [0.25, 0.3) is 0 Å². The van der Waals surface area contributed by atoms with Gasteiger partial charge < -0.3 is 10.2 Å². The molecule has 1 aromatic carbocycles. The molecule has 50 valence electrons. The van der Waals surface area contributed by atoms with E-state index in [0.29, 0.717) is 5.56 Å². The number of phenolic OH excluding ortho intramolecular Hbond substituents is 2. The second-order valence-corrected chi connectivity index (χ2v) is 1.94. The van der Waals surface area contributed by atoms with Crippen molar-refractivity contribution in [2.45, 2.75) is 6.92 Å². The Morgan fingerprint density at radius 2 is 1.80 bits per heavy atom. The van der Waals surface area contributed by atoms with Crippen LogP contribution in [0.25, 0.3) is 0 Å². The zero-order chi connectivity index (χ0) is 6.85. The standard InChI is InChI=1S/C7H8O2.K.H/c1-5-3-2-4-6(8)7(5)9;;/h2-4,8-9H,1H3;;. The van der Waals surface area contributed by atoms with Crippen LogP contribution in [0.4, 0.5) is 0 Å². The molecule has 0 amide bonds. The predicted octanol–water partition coefficient (Wildman–Crippen LogP) is 0.758. The van der Waals surface area contributed by atoms with Gasteiger partial charge in [0.15, 0.2) is 11.5 Å². The summed E-state index contributed by atoms with van der Waals surface area (Å²) in [7, 11) is 0. The Morgan fingerprint density at radius 1 is 1.20 bits per heavy atom. The van der Waals surface area contributed by atoms with E-state index in [-0.39, 0.29) is 62.9 Å². The van der Waals surface area contributed by atoms with Crippen molar-refractivity contribution in [3.63, 3.8) is 0 Å². The maximum atomic E-state index is 8.96. The van der Waals surface area contributed by atoms with Crippen LogP contribution in [0.15, 0.2) is 18.2 Å². The van der Waals surface area contributed by atoms with E-state index in [1.807, 2.05) is 0 Å². The maximum absolute atomic E-state index is 8.96. The molecule has 1 rings (SSSR count). The Balaban J connectivity index is 0.000000810. The second-order valence-electron chi connectivity index (χ2n) is 1.94. The van der Waals surface area contributed by atoms with Crippen LogP contribution in [0.3, 0.4) is 0 Å². The first-order valence-corrected chi connectivity index (χ1v) is 2.69. The van der Waals surface area contributed by atoms with Crippen LogP contribution in [0.1, 0.15) is 5.56 Å². The molecule has 0 aromatic heterocycles. The van der Waals surface area contributed by atoms with E-state index in [9.17, 15) is 0 Å². The Kier molecular flexibility index (Phi) is 4.56. The molecule has 0 radical (unpaired) electrons.